The lowest BCUT2D eigenvalue weighted by atomic mass is 10.1. The van der Waals surface area contributed by atoms with Crippen LogP contribution in [-0.2, 0) is 14.8 Å². The predicted octanol–water partition coefficient (Wildman–Crippen LogP) is 3.04. The van der Waals surface area contributed by atoms with Crippen molar-refractivity contribution in [1.29, 1.82) is 0 Å². The molecule has 1 amide bonds. The highest BCUT2D eigenvalue weighted by atomic mass is 32.2. The van der Waals surface area contributed by atoms with Crippen LogP contribution >= 0.6 is 11.8 Å². The zero-order valence-corrected chi connectivity index (χ0v) is 17.7. The molecule has 1 heterocycles. The fourth-order valence-corrected chi connectivity index (χ4v) is 3.52. The van der Waals surface area contributed by atoms with Crippen molar-refractivity contribution in [2.45, 2.75) is 12.1 Å². The Balaban J connectivity index is 1.55. The van der Waals surface area contributed by atoms with Crippen LogP contribution < -0.4 is 10.0 Å². The number of hydrogen-bond acceptors (Lipinski definition) is 8. The summed E-state index contributed by atoms with van der Waals surface area (Å²) in [5.74, 6) is 0.0138. The topological polar surface area (TPSA) is 131 Å². The number of sulfonamides is 1. The molecule has 2 N–H and O–H groups in total. The Bertz CT molecular complexity index is 1160. The summed E-state index contributed by atoms with van der Waals surface area (Å²) in [7, 11) is -3.35. The van der Waals surface area contributed by atoms with Gasteiger partial charge in [-0.1, -0.05) is 11.8 Å². The lowest BCUT2D eigenvalue weighted by Crippen LogP contribution is -2.14. The first kappa shape index (κ1) is 21.5. The monoisotopic (exact) mass is 446 g/mol. The minimum Gasteiger partial charge on any atom is -0.411 e. The average Bonchev–Trinajstić information content (AvgIpc) is 3.15. The molecule has 30 heavy (non-hydrogen) atoms. The second-order valence-corrected chi connectivity index (χ2v) is 8.97. The van der Waals surface area contributed by atoms with Crippen LogP contribution in [0.5, 0.6) is 0 Å². The Morgan fingerprint density at radius 3 is 2.23 bits per heavy atom. The lowest BCUT2D eigenvalue weighted by molar-refractivity contribution is -0.113. The molecule has 2 aromatic carbocycles. The summed E-state index contributed by atoms with van der Waals surface area (Å²) in [6.45, 7) is 1.48. The number of Topliss-reactive ketones (excluding diaryl/α,β-unsaturated/α-hetero) is 1. The van der Waals surface area contributed by atoms with Crippen LogP contribution in [0.15, 0.2) is 58.2 Å². The Hall–Kier alpha value is -3.18. The molecular formula is C19H18N4O5S2. The van der Waals surface area contributed by atoms with Gasteiger partial charge in [0.1, 0.15) is 0 Å². The average molecular weight is 447 g/mol. The Labute approximate surface area is 177 Å². The van der Waals surface area contributed by atoms with Crippen LogP contribution in [0, 0.1) is 0 Å². The summed E-state index contributed by atoms with van der Waals surface area (Å²) in [4.78, 5) is 23.4. The first-order chi connectivity index (χ1) is 14.2. The molecule has 156 valence electrons. The van der Waals surface area contributed by atoms with Crippen molar-refractivity contribution in [2.24, 2.45) is 0 Å². The first-order valence-electron chi connectivity index (χ1n) is 8.65. The number of anilines is 2. The Kier molecular flexibility index (Phi) is 6.53. The predicted molar refractivity (Wildman–Crippen MR) is 114 cm³/mol. The molecule has 0 unspecified atom stereocenters. The number of thioether (sulfide) groups is 1. The smallest absolute Gasteiger partial charge is 0.277 e. The lowest BCUT2D eigenvalue weighted by Gasteiger charge is -2.04. The van der Waals surface area contributed by atoms with Gasteiger partial charge in [-0.2, -0.15) is 0 Å². The minimum atomic E-state index is -3.35. The van der Waals surface area contributed by atoms with Gasteiger partial charge < -0.3 is 9.73 Å². The van der Waals surface area contributed by atoms with Gasteiger partial charge in [-0.05, 0) is 55.5 Å². The van der Waals surface area contributed by atoms with E-state index in [2.05, 4.69) is 20.2 Å². The molecule has 0 atom stereocenters. The third-order valence-electron chi connectivity index (χ3n) is 3.74. The summed E-state index contributed by atoms with van der Waals surface area (Å²) >= 11 is 1.08. The number of amides is 1. The fraction of sp³-hybridized carbons (Fsp3) is 0.158. The fourth-order valence-electron chi connectivity index (χ4n) is 2.39. The van der Waals surface area contributed by atoms with E-state index in [1.165, 1.54) is 6.92 Å². The molecule has 0 aliphatic carbocycles. The number of carbonyl (C=O) groups is 2. The Morgan fingerprint density at radius 2 is 1.63 bits per heavy atom. The van der Waals surface area contributed by atoms with Crippen molar-refractivity contribution < 1.29 is 22.4 Å². The van der Waals surface area contributed by atoms with Crippen LogP contribution in [0.25, 0.3) is 11.5 Å². The summed E-state index contributed by atoms with van der Waals surface area (Å²) in [5, 5.41) is 10.8. The van der Waals surface area contributed by atoms with Crippen molar-refractivity contribution in [1.82, 2.24) is 10.2 Å². The first-order valence-corrected chi connectivity index (χ1v) is 11.5. The van der Waals surface area contributed by atoms with Gasteiger partial charge in [0.2, 0.25) is 21.8 Å². The molecule has 1 aromatic heterocycles. The summed E-state index contributed by atoms with van der Waals surface area (Å²) in [5.41, 5.74) is 2.19. The van der Waals surface area contributed by atoms with Crippen LogP contribution in [0.2, 0.25) is 0 Å². The number of rotatable bonds is 8. The maximum Gasteiger partial charge on any atom is 0.277 e. The molecule has 0 saturated heterocycles. The Morgan fingerprint density at radius 1 is 1.00 bits per heavy atom. The standard InChI is InChI=1S/C19H18N4O5S2/c1-12(24)13-3-7-15(8-4-13)20-17(25)11-29-19-22-21-18(28-19)14-5-9-16(10-6-14)23-30(2,26)27/h3-10,23H,11H2,1-2H3,(H,20,25). The van der Waals surface area contributed by atoms with E-state index < -0.39 is 10.0 Å². The van der Waals surface area contributed by atoms with Crippen molar-refractivity contribution in [3.05, 3.63) is 54.1 Å². The second-order valence-electron chi connectivity index (χ2n) is 6.30. The van der Waals surface area contributed by atoms with E-state index in [-0.39, 0.29) is 28.6 Å². The molecule has 0 aliphatic heterocycles. The van der Waals surface area contributed by atoms with Crippen LogP contribution in [0.3, 0.4) is 0 Å². The molecule has 0 fully saturated rings. The molecule has 0 bridgehead atoms. The maximum absolute atomic E-state index is 12.1. The van der Waals surface area contributed by atoms with E-state index >= 15 is 0 Å². The van der Waals surface area contributed by atoms with Crippen molar-refractivity contribution in [2.75, 3.05) is 22.0 Å². The molecule has 3 rings (SSSR count). The SMILES string of the molecule is CC(=O)c1ccc(NC(=O)CSc2nnc(-c3ccc(NS(C)(=O)=O)cc3)o2)cc1. The normalized spacial score (nSPS) is 11.1. The molecule has 11 heteroatoms. The highest BCUT2D eigenvalue weighted by Crippen LogP contribution is 2.24. The van der Waals surface area contributed by atoms with E-state index in [4.69, 9.17) is 4.42 Å². The number of nitrogens with one attached hydrogen (secondary N) is 2. The van der Waals surface area contributed by atoms with Crippen molar-refractivity contribution >= 4 is 44.9 Å². The van der Waals surface area contributed by atoms with Crippen LogP contribution in [0.4, 0.5) is 11.4 Å². The highest BCUT2D eigenvalue weighted by molar-refractivity contribution is 7.99. The largest absolute Gasteiger partial charge is 0.411 e. The van der Waals surface area contributed by atoms with Gasteiger partial charge in [0.25, 0.3) is 5.22 Å². The number of carbonyl (C=O) groups excluding carboxylic acids is 2. The summed E-state index contributed by atoms with van der Waals surface area (Å²) < 4.78 is 30.4. The number of benzene rings is 2. The molecular weight excluding hydrogens is 428 g/mol. The molecule has 0 aliphatic rings. The van der Waals surface area contributed by atoms with Crippen LogP contribution in [0.1, 0.15) is 17.3 Å². The maximum atomic E-state index is 12.1. The molecule has 0 saturated carbocycles. The van der Waals surface area contributed by atoms with Gasteiger partial charge in [0.15, 0.2) is 5.78 Å². The number of nitrogens with zero attached hydrogens (tertiary/aromatic N) is 2. The van der Waals surface area contributed by atoms with Gasteiger partial charge in [-0.15, -0.1) is 10.2 Å². The third-order valence-corrected chi connectivity index (χ3v) is 5.17. The van der Waals surface area contributed by atoms with E-state index in [9.17, 15) is 18.0 Å². The third kappa shape index (κ3) is 6.16. The van der Waals surface area contributed by atoms with Gasteiger partial charge in [-0.3, -0.25) is 14.3 Å². The van der Waals surface area contributed by atoms with E-state index in [0.717, 1.165) is 18.0 Å². The number of aromatic nitrogens is 2. The van der Waals surface area contributed by atoms with Crippen LogP contribution in [-0.4, -0.2) is 42.3 Å². The van der Waals surface area contributed by atoms with Gasteiger partial charge >= 0.3 is 0 Å². The van der Waals surface area contributed by atoms with E-state index in [1.54, 1.807) is 48.5 Å². The molecule has 0 radical (unpaired) electrons. The van der Waals surface area contributed by atoms with Crippen molar-refractivity contribution in [3.63, 3.8) is 0 Å². The number of ketones is 1. The van der Waals surface area contributed by atoms with Crippen molar-refractivity contribution in [3.8, 4) is 11.5 Å². The van der Waals surface area contributed by atoms with E-state index in [0.29, 0.717) is 22.5 Å². The van der Waals surface area contributed by atoms with Gasteiger partial charge in [0.05, 0.1) is 12.0 Å². The van der Waals surface area contributed by atoms with E-state index in [1.807, 2.05) is 0 Å². The molecule has 0 spiro atoms. The summed E-state index contributed by atoms with van der Waals surface area (Å²) in [6, 6.07) is 13.1. The minimum absolute atomic E-state index is 0.0445. The quantitative estimate of drug-likeness (QED) is 0.399. The molecule has 3 aromatic rings. The zero-order chi connectivity index (χ0) is 21.7. The highest BCUT2D eigenvalue weighted by Gasteiger charge is 2.12. The zero-order valence-electron chi connectivity index (χ0n) is 16.1. The number of hydrogen-bond donors (Lipinski definition) is 2. The summed E-state index contributed by atoms with van der Waals surface area (Å²) in [6.07, 6.45) is 1.07. The van der Waals surface area contributed by atoms with Gasteiger partial charge in [0, 0.05) is 22.5 Å². The second kappa shape index (κ2) is 9.09. The van der Waals surface area contributed by atoms with Gasteiger partial charge in [-0.25, -0.2) is 8.42 Å². The molecule has 9 nitrogen and oxygen atoms in total.